The highest BCUT2D eigenvalue weighted by Gasteiger charge is 2.18. The number of ether oxygens (including phenoxy) is 1. The van der Waals surface area contributed by atoms with Crippen LogP contribution in [0.25, 0.3) is 0 Å². The average molecular weight is 303 g/mol. The molecule has 0 bridgehead atoms. The summed E-state index contributed by atoms with van der Waals surface area (Å²) in [6.45, 7) is 4.49. The van der Waals surface area contributed by atoms with Gasteiger partial charge in [-0.15, -0.1) is 0 Å². The molecule has 0 atom stereocenters. The Labute approximate surface area is 134 Å². The number of hydrogen-bond acceptors (Lipinski definition) is 3. The van der Waals surface area contributed by atoms with Crippen LogP contribution >= 0.6 is 0 Å². The molecule has 1 aromatic carbocycles. The van der Waals surface area contributed by atoms with Gasteiger partial charge in [0.05, 0.1) is 5.69 Å². The molecule has 22 heavy (non-hydrogen) atoms. The van der Waals surface area contributed by atoms with Crippen molar-refractivity contribution in [3.8, 4) is 11.5 Å². The van der Waals surface area contributed by atoms with Crippen LogP contribution in [0.1, 0.15) is 65.2 Å². The number of benzene rings is 1. The van der Waals surface area contributed by atoms with Crippen LogP contribution in [0.15, 0.2) is 30.2 Å². The smallest absolute Gasteiger partial charge is 0.194 e. The summed E-state index contributed by atoms with van der Waals surface area (Å²) in [4.78, 5) is 0. The van der Waals surface area contributed by atoms with Crippen LogP contribution in [-0.2, 0) is 0 Å². The lowest BCUT2D eigenvalue weighted by molar-refractivity contribution is 0.422. The second-order valence-electron chi connectivity index (χ2n) is 6.19. The fourth-order valence-electron chi connectivity index (χ4n) is 2.89. The number of phenols is 1. The summed E-state index contributed by atoms with van der Waals surface area (Å²) in [5, 5.41) is 12.8. The number of aromatic hydroxyl groups is 1. The molecule has 0 fully saturated rings. The van der Waals surface area contributed by atoms with Gasteiger partial charge in [-0.2, -0.15) is 0 Å². The maximum Gasteiger partial charge on any atom is 0.194 e. The van der Waals surface area contributed by atoms with Crippen LogP contribution in [-0.4, -0.2) is 5.11 Å². The molecule has 0 radical (unpaired) electrons. The number of unbranched alkanes of at least 4 members (excludes halogenated alkanes) is 4. The standard InChI is InChI=1S/C19H29NO2/c1-3-5-7-9-15(10-8-6-4-2)13-19-20-17-12-11-16(21)14-18(17)22-19/h11-15,20-21H,3-10H2,1-2H3. The molecule has 0 aliphatic carbocycles. The van der Waals surface area contributed by atoms with Crippen molar-refractivity contribution in [2.24, 2.45) is 5.92 Å². The van der Waals surface area contributed by atoms with Gasteiger partial charge in [0.15, 0.2) is 11.6 Å². The van der Waals surface area contributed by atoms with Crippen molar-refractivity contribution in [3.05, 3.63) is 30.2 Å². The van der Waals surface area contributed by atoms with Gasteiger partial charge in [0.1, 0.15) is 5.75 Å². The van der Waals surface area contributed by atoms with E-state index in [9.17, 15) is 5.11 Å². The van der Waals surface area contributed by atoms with Crippen LogP contribution in [0.5, 0.6) is 11.5 Å². The SMILES string of the molecule is CCCCCC(C=C1Nc2ccc(O)cc2O1)CCCCC. The number of hydrogen-bond donors (Lipinski definition) is 2. The highest BCUT2D eigenvalue weighted by molar-refractivity contribution is 5.65. The van der Waals surface area contributed by atoms with Gasteiger partial charge in [0.25, 0.3) is 0 Å². The number of phenolic OH excluding ortho intramolecular Hbond substituents is 1. The Hall–Kier alpha value is -1.64. The van der Waals surface area contributed by atoms with Gasteiger partial charge in [-0.25, -0.2) is 0 Å². The van der Waals surface area contributed by atoms with E-state index in [2.05, 4.69) is 25.2 Å². The van der Waals surface area contributed by atoms with E-state index in [0.717, 1.165) is 11.6 Å². The van der Waals surface area contributed by atoms with Crippen molar-refractivity contribution in [1.29, 1.82) is 0 Å². The minimum atomic E-state index is 0.240. The first-order valence-corrected chi connectivity index (χ1v) is 8.72. The molecule has 3 heteroatoms. The Balaban J connectivity index is 1.96. The summed E-state index contributed by atoms with van der Waals surface area (Å²) in [5.41, 5.74) is 0.935. The molecule has 1 aliphatic heterocycles. The van der Waals surface area contributed by atoms with Crippen molar-refractivity contribution >= 4 is 5.69 Å². The zero-order valence-electron chi connectivity index (χ0n) is 13.9. The van der Waals surface area contributed by atoms with E-state index >= 15 is 0 Å². The molecule has 0 spiro atoms. The van der Waals surface area contributed by atoms with E-state index in [-0.39, 0.29) is 5.75 Å². The second kappa shape index (κ2) is 8.72. The first-order valence-electron chi connectivity index (χ1n) is 8.72. The van der Waals surface area contributed by atoms with Crippen LogP contribution in [0, 0.1) is 5.92 Å². The minimum absolute atomic E-state index is 0.240. The monoisotopic (exact) mass is 303 g/mol. The Bertz CT molecular complexity index is 486. The summed E-state index contributed by atoms with van der Waals surface area (Å²) in [6.07, 6.45) is 12.4. The fraction of sp³-hybridized carbons (Fsp3) is 0.579. The van der Waals surface area contributed by atoms with Crippen molar-refractivity contribution in [1.82, 2.24) is 0 Å². The molecule has 1 heterocycles. The molecular weight excluding hydrogens is 274 g/mol. The highest BCUT2D eigenvalue weighted by Crippen LogP contribution is 2.36. The number of rotatable bonds is 9. The van der Waals surface area contributed by atoms with E-state index in [1.54, 1.807) is 12.1 Å². The maximum absolute atomic E-state index is 9.52. The van der Waals surface area contributed by atoms with Crippen LogP contribution in [0.2, 0.25) is 0 Å². The molecule has 3 nitrogen and oxygen atoms in total. The third-order valence-corrected chi connectivity index (χ3v) is 4.19. The van der Waals surface area contributed by atoms with Crippen molar-refractivity contribution < 1.29 is 9.84 Å². The van der Waals surface area contributed by atoms with Gasteiger partial charge < -0.3 is 15.2 Å². The summed E-state index contributed by atoms with van der Waals surface area (Å²) >= 11 is 0. The van der Waals surface area contributed by atoms with Crippen molar-refractivity contribution in [2.75, 3.05) is 5.32 Å². The first-order chi connectivity index (χ1) is 10.7. The Morgan fingerprint density at radius 3 is 2.41 bits per heavy atom. The fourth-order valence-corrected chi connectivity index (χ4v) is 2.89. The van der Waals surface area contributed by atoms with E-state index in [0.29, 0.717) is 11.7 Å². The molecule has 2 rings (SSSR count). The molecule has 2 N–H and O–H groups in total. The van der Waals surface area contributed by atoms with Crippen LogP contribution in [0.3, 0.4) is 0 Å². The van der Waals surface area contributed by atoms with Crippen molar-refractivity contribution in [2.45, 2.75) is 65.2 Å². The summed E-state index contributed by atoms with van der Waals surface area (Å²) in [7, 11) is 0. The molecule has 0 aromatic heterocycles. The zero-order valence-corrected chi connectivity index (χ0v) is 13.9. The topological polar surface area (TPSA) is 41.5 Å². The van der Waals surface area contributed by atoms with E-state index in [4.69, 9.17) is 4.74 Å². The number of allylic oxidation sites excluding steroid dienone is 1. The van der Waals surface area contributed by atoms with Gasteiger partial charge in [-0.05, 0) is 37.0 Å². The second-order valence-corrected chi connectivity index (χ2v) is 6.19. The van der Waals surface area contributed by atoms with E-state index in [1.807, 2.05) is 6.07 Å². The molecule has 0 amide bonds. The third kappa shape index (κ3) is 4.97. The molecule has 122 valence electrons. The lowest BCUT2D eigenvalue weighted by Crippen LogP contribution is -2.04. The van der Waals surface area contributed by atoms with Gasteiger partial charge >= 0.3 is 0 Å². The lowest BCUT2D eigenvalue weighted by Gasteiger charge is -2.13. The number of anilines is 1. The summed E-state index contributed by atoms with van der Waals surface area (Å²) < 4.78 is 5.82. The normalized spacial score (nSPS) is 15.0. The van der Waals surface area contributed by atoms with Gasteiger partial charge in [-0.1, -0.05) is 52.4 Å². The Morgan fingerprint density at radius 2 is 1.77 bits per heavy atom. The minimum Gasteiger partial charge on any atom is -0.508 e. The average Bonchev–Trinajstić information content (AvgIpc) is 2.89. The highest BCUT2D eigenvalue weighted by atomic mass is 16.5. The maximum atomic E-state index is 9.52. The molecule has 0 saturated carbocycles. The van der Waals surface area contributed by atoms with Crippen molar-refractivity contribution in [3.63, 3.8) is 0 Å². The summed E-state index contributed by atoms with van der Waals surface area (Å²) in [5.74, 6) is 2.35. The van der Waals surface area contributed by atoms with Gasteiger partial charge in [0, 0.05) is 6.07 Å². The molecule has 1 aromatic rings. The third-order valence-electron chi connectivity index (χ3n) is 4.19. The Morgan fingerprint density at radius 1 is 1.09 bits per heavy atom. The van der Waals surface area contributed by atoms with E-state index in [1.165, 1.54) is 51.4 Å². The zero-order chi connectivity index (χ0) is 15.8. The largest absolute Gasteiger partial charge is 0.508 e. The first kappa shape index (κ1) is 16.7. The molecule has 0 unspecified atom stereocenters. The van der Waals surface area contributed by atoms with Crippen LogP contribution in [0.4, 0.5) is 5.69 Å². The predicted octanol–water partition coefficient (Wildman–Crippen LogP) is 5.81. The summed E-state index contributed by atoms with van der Waals surface area (Å²) in [6, 6.07) is 5.19. The van der Waals surface area contributed by atoms with Crippen LogP contribution < -0.4 is 10.1 Å². The predicted molar refractivity (Wildman–Crippen MR) is 92.2 cm³/mol. The van der Waals surface area contributed by atoms with E-state index < -0.39 is 0 Å². The number of nitrogens with one attached hydrogen (secondary N) is 1. The lowest BCUT2D eigenvalue weighted by atomic mass is 9.95. The number of fused-ring (bicyclic) bond motifs is 1. The van der Waals surface area contributed by atoms with Gasteiger partial charge in [-0.3, -0.25) is 0 Å². The molecular formula is C19H29NO2. The van der Waals surface area contributed by atoms with Gasteiger partial charge in [0.2, 0.25) is 0 Å². The Kier molecular flexibility index (Phi) is 6.63. The molecule has 1 aliphatic rings. The molecule has 0 saturated heterocycles. The quantitative estimate of drug-likeness (QED) is 0.446.